The first-order valence-corrected chi connectivity index (χ1v) is 7.38. The fourth-order valence-electron chi connectivity index (χ4n) is 2.07. The molecule has 0 aliphatic rings. The Labute approximate surface area is 123 Å². The molecule has 1 aromatic heterocycles. The number of imidazole rings is 1. The molecule has 0 N–H and O–H groups in total. The number of nitrogens with zero attached hydrogens (tertiary/aromatic N) is 2. The van der Waals surface area contributed by atoms with Crippen LogP contribution in [0.5, 0.6) is 0 Å². The number of alkyl halides is 4. The summed E-state index contributed by atoms with van der Waals surface area (Å²) < 4.78 is 40.9. The minimum absolute atomic E-state index is 0.174. The van der Waals surface area contributed by atoms with Gasteiger partial charge < -0.3 is 4.57 Å². The minimum Gasteiger partial charge on any atom is -0.304 e. The summed E-state index contributed by atoms with van der Waals surface area (Å²) in [5.41, 5.74) is 0.115. The van der Waals surface area contributed by atoms with E-state index < -0.39 is 11.7 Å². The van der Waals surface area contributed by atoms with E-state index in [4.69, 9.17) is 0 Å². The van der Waals surface area contributed by atoms with Crippen LogP contribution in [0.15, 0.2) is 30.6 Å². The predicted molar refractivity (Wildman–Crippen MR) is 75.2 cm³/mol. The molecule has 2 aromatic rings. The molecule has 0 aliphatic heterocycles. The van der Waals surface area contributed by atoms with E-state index in [1.165, 1.54) is 12.1 Å². The number of hydrogen-bond acceptors (Lipinski definition) is 1. The Morgan fingerprint density at radius 3 is 2.65 bits per heavy atom. The van der Waals surface area contributed by atoms with Gasteiger partial charge in [0.1, 0.15) is 5.82 Å². The van der Waals surface area contributed by atoms with E-state index in [0.717, 1.165) is 18.7 Å². The van der Waals surface area contributed by atoms with Crippen LogP contribution in [-0.4, -0.2) is 9.55 Å². The Hall–Kier alpha value is -1.30. The zero-order valence-corrected chi connectivity index (χ0v) is 12.5. The molecule has 6 heteroatoms. The second-order valence-electron chi connectivity index (χ2n) is 4.44. The van der Waals surface area contributed by atoms with Crippen LogP contribution < -0.4 is 0 Å². The lowest BCUT2D eigenvalue weighted by Gasteiger charge is -2.14. The van der Waals surface area contributed by atoms with Gasteiger partial charge in [-0.2, -0.15) is 13.2 Å². The number of hydrogen-bond donors (Lipinski definition) is 0. The molecule has 2 nitrogen and oxygen atoms in total. The molecular weight excluding hydrogens is 333 g/mol. The maximum absolute atomic E-state index is 13.1. The van der Waals surface area contributed by atoms with Crippen molar-refractivity contribution in [1.82, 2.24) is 9.55 Å². The Morgan fingerprint density at radius 1 is 1.30 bits per heavy atom. The summed E-state index contributed by atoms with van der Waals surface area (Å²) in [6.07, 6.45) is 0.562. The van der Waals surface area contributed by atoms with Gasteiger partial charge in [-0.25, -0.2) is 4.98 Å². The van der Waals surface area contributed by atoms with Crippen molar-refractivity contribution < 1.29 is 13.2 Å². The third-order valence-corrected chi connectivity index (χ3v) is 3.62. The van der Waals surface area contributed by atoms with Gasteiger partial charge >= 0.3 is 6.18 Å². The average Bonchev–Trinajstić information content (AvgIpc) is 2.85. The van der Waals surface area contributed by atoms with Crippen molar-refractivity contribution in [2.24, 2.45) is 0 Å². The summed E-state index contributed by atoms with van der Waals surface area (Å²) in [7, 11) is 0. The molecule has 2 rings (SSSR count). The molecule has 0 amide bonds. The number of rotatable bonds is 4. The molecule has 20 heavy (non-hydrogen) atoms. The number of halogens is 4. The van der Waals surface area contributed by atoms with Crippen LogP contribution in [0.25, 0.3) is 5.69 Å². The standard InChI is InChI=1S/C14H14BrF3N2/c1-2-3-13-19-6-7-20(13)11-5-4-10(9-15)12(8-11)14(16,17)18/h4-8H,2-3,9H2,1H3. The zero-order valence-electron chi connectivity index (χ0n) is 10.9. The smallest absolute Gasteiger partial charge is 0.304 e. The van der Waals surface area contributed by atoms with E-state index >= 15 is 0 Å². The highest BCUT2D eigenvalue weighted by molar-refractivity contribution is 9.08. The summed E-state index contributed by atoms with van der Waals surface area (Å²) >= 11 is 3.09. The average molecular weight is 347 g/mol. The lowest BCUT2D eigenvalue weighted by Crippen LogP contribution is -2.10. The Balaban J connectivity index is 2.50. The first-order valence-electron chi connectivity index (χ1n) is 6.26. The fourth-order valence-corrected chi connectivity index (χ4v) is 2.56. The van der Waals surface area contributed by atoms with E-state index in [2.05, 4.69) is 20.9 Å². The molecule has 108 valence electrons. The SMILES string of the molecule is CCCc1nccn1-c1ccc(CBr)c(C(F)(F)F)c1. The summed E-state index contributed by atoms with van der Waals surface area (Å²) in [6, 6.07) is 4.37. The molecule has 1 heterocycles. The lowest BCUT2D eigenvalue weighted by molar-refractivity contribution is -0.138. The Kier molecular flexibility index (Phi) is 4.52. The highest BCUT2D eigenvalue weighted by Gasteiger charge is 2.33. The second-order valence-corrected chi connectivity index (χ2v) is 5.00. The van der Waals surface area contributed by atoms with Crippen molar-refractivity contribution in [3.8, 4) is 5.69 Å². The quantitative estimate of drug-likeness (QED) is 0.731. The Bertz CT molecular complexity index is 590. The van der Waals surface area contributed by atoms with Gasteiger partial charge in [-0.3, -0.25) is 0 Å². The van der Waals surface area contributed by atoms with Crippen molar-refractivity contribution in [3.05, 3.63) is 47.5 Å². The Morgan fingerprint density at radius 2 is 2.05 bits per heavy atom. The van der Waals surface area contributed by atoms with E-state index in [1.54, 1.807) is 23.0 Å². The molecule has 0 spiro atoms. The summed E-state index contributed by atoms with van der Waals surface area (Å²) in [5, 5.41) is 0.174. The number of aromatic nitrogens is 2. The van der Waals surface area contributed by atoms with E-state index in [0.29, 0.717) is 5.69 Å². The lowest BCUT2D eigenvalue weighted by atomic mass is 10.1. The third kappa shape index (κ3) is 3.06. The minimum atomic E-state index is -4.36. The predicted octanol–water partition coefficient (Wildman–Crippen LogP) is 4.74. The van der Waals surface area contributed by atoms with E-state index in [9.17, 15) is 13.2 Å². The normalized spacial score (nSPS) is 11.8. The summed E-state index contributed by atoms with van der Waals surface area (Å²) in [5.74, 6) is 0.771. The van der Waals surface area contributed by atoms with Crippen LogP contribution in [0, 0.1) is 0 Å². The largest absolute Gasteiger partial charge is 0.416 e. The van der Waals surface area contributed by atoms with Crippen LogP contribution in [-0.2, 0) is 17.9 Å². The molecule has 1 aromatic carbocycles. The topological polar surface area (TPSA) is 17.8 Å². The first-order chi connectivity index (χ1) is 9.47. The van der Waals surface area contributed by atoms with E-state index in [1.807, 2.05) is 6.92 Å². The van der Waals surface area contributed by atoms with Crippen molar-refractivity contribution in [1.29, 1.82) is 0 Å². The van der Waals surface area contributed by atoms with Gasteiger partial charge in [0.15, 0.2) is 0 Å². The van der Waals surface area contributed by atoms with Gasteiger partial charge in [-0.05, 0) is 24.1 Å². The molecule has 0 fully saturated rings. The fraction of sp³-hybridized carbons (Fsp3) is 0.357. The maximum atomic E-state index is 13.1. The van der Waals surface area contributed by atoms with Crippen LogP contribution in [0.1, 0.15) is 30.3 Å². The van der Waals surface area contributed by atoms with Gasteiger partial charge in [0, 0.05) is 29.8 Å². The molecule has 0 saturated carbocycles. The zero-order chi connectivity index (χ0) is 14.8. The summed E-state index contributed by atoms with van der Waals surface area (Å²) in [4.78, 5) is 4.19. The van der Waals surface area contributed by atoms with Gasteiger partial charge in [0.2, 0.25) is 0 Å². The number of benzene rings is 1. The first kappa shape index (κ1) is 15.1. The van der Waals surface area contributed by atoms with Crippen LogP contribution in [0.3, 0.4) is 0 Å². The second kappa shape index (κ2) is 5.99. The summed E-state index contributed by atoms with van der Waals surface area (Å²) in [6.45, 7) is 2.01. The highest BCUT2D eigenvalue weighted by Crippen LogP contribution is 2.34. The number of aryl methyl sites for hydroxylation is 1. The van der Waals surface area contributed by atoms with Crippen molar-refractivity contribution in [2.75, 3.05) is 0 Å². The van der Waals surface area contributed by atoms with Gasteiger partial charge in [0.05, 0.1) is 5.56 Å². The van der Waals surface area contributed by atoms with Gasteiger partial charge in [-0.15, -0.1) is 0 Å². The van der Waals surface area contributed by atoms with Crippen LogP contribution >= 0.6 is 15.9 Å². The van der Waals surface area contributed by atoms with Crippen LogP contribution in [0.2, 0.25) is 0 Å². The van der Waals surface area contributed by atoms with Crippen molar-refractivity contribution in [2.45, 2.75) is 31.3 Å². The van der Waals surface area contributed by atoms with Crippen LogP contribution in [0.4, 0.5) is 13.2 Å². The maximum Gasteiger partial charge on any atom is 0.416 e. The van der Waals surface area contributed by atoms with E-state index in [-0.39, 0.29) is 10.9 Å². The van der Waals surface area contributed by atoms with Gasteiger partial charge in [-0.1, -0.05) is 28.9 Å². The monoisotopic (exact) mass is 346 g/mol. The van der Waals surface area contributed by atoms with Crippen molar-refractivity contribution in [3.63, 3.8) is 0 Å². The third-order valence-electron chi connectivity index (χ3n) is 3.01. The molecular formula is C14H14BrF3N2. The molecule has 0 bridgehead atoms. The molecule has 0 radical (unpaired) electrons. The molecule has 0 aliphatic carbocycles. The molecule has 0 atom stereocenters. The highest BCUT2D eigenvalue weighted by atomic mass is 79.9. The van der Waals surface area contributed by atoms with Gasteiger partial charge in [0.25, 0.3) is 0 Å². The van der Waals surface area contributed by atoms with Crippen molar-refractivity contribution >= 4 is 15.9 Å². The molecule has 0 saturated heterocycles. The molecule has 0 unspecified atom stereocenters.